The summed E-state index contributed by atoms with van der Waals surface area (Å²) < 4.78 is 0. The number of rotatable bonds is 0. The van der Waals surface area contributed by atoms with Gasteiger partial charge in [0.1, 0.15) is 0 Å². The van der Waals surface area contributed by atoms with Crippen molar-refractivity contribution in [2.45, 2.75) is 0 Å². The van der Waals surface area contributed by atoms with E-state index in [4.69, 9.17) is 16.2 Å². The third-order valence-electron chi connectivity index (χ3n) is 0. The first kappa shape index (κ1) is 36.7. The van der Waals surface area contributed by atoms with Gasteiger partial charge in [0.05, 0.1) is 0 Å². The van der Waals surface area contributed by atoms with Gasteiger partial charge in [0, 0.05) is 0 Å². The van der Waals surface area contributed by atoms with E-state index in [1.807, 2.05) is 0 Å². The SMILES string of the molecule is Br.Cl.I.N=C(N)N.N=C(N)N.N=C(N)N. The van der Waals surface area contributed by atoms with Crippen LogP contribution in [-0.2, 0) is 0 Å². The Bertz CT molecular complexity index is 123. The number of nitrogens with two attached hydrogens (primary N) is 6. The largest absolute Gasteiger partial charge is 0.370 e. The highest BCUT2D eigenvalue weighted by Gasteiger charge is 1.53. The van der Waals surface area contributed by atoms with Crippen LogP contribution in [0.25, 0.3) is 0 Å². The van der Waals surface area contributed by atoms with Crippen LogP contribution in [0.1, 0.15) is 0 Å². The Kier molecular flexibility index (Phi) is 71.5. The van der Waals surface area contributed by atoms with Crippen molar-refractivity contribution in [3.05, 3.63) is 0 Å². The lowest BCUT2D eigenvalue weighted by Crippen LogP contribution is -2.20. The Morgan fingerprint density at radius 3 is 0.600 bits per heavy atom. The summed E-state index contributed by atoms with van der Waals surface area (Å²) in [6.07, 6.45) is 0. The average molecular weight is 423 g/mol. The summed E-state index contributed by atoms with van der Waals surface area (Å²) in [6, 6.07) is 0. The molecule has 9 nitrogen and oxygen atoms in total. The maximum atomic E-state index is 6.06. The van der Waals surface area contributed by atoms with Gasteiger partial charge in [0.2, 0.25) is 0 Å². The fraction of sp³-hybridized carbons (Fsp3) is 0. The van der Waals surface area contributed by atoms with Crippen LogP contribution in [0.2, 0.25) is 0 Å². The summed E-state index contributed by atoms with van der Waals surface area (Å²) in [6.45, 7) is 0. The van der Waals surface area contributed by atoms with Gasteiger partial charge in [-0.2, -0.15) is 0 Å². The first-order valence-corrected chi connectivity index (χ1v) is 2.48. The molecule has 0 aromatic carbocycles. The van der Waals surface area contributed by atoms with Crippen LogP contribution in [-0.4, -0.2) is 17.9 Å². The van der Waals surface area contributed by atoms with Crippen LogP contribution in [0.15, 0.2) is 0 Å². The molecule has 0 aliphatic heterocycles. The van der Waals surface area contributed by atoms with Crippen molar-refractivity contribution in [1.29, 1.82) is 16.2 Å². The molecular formula is C3H18BrClIN9. The number of halogens is 3. The average Bonchev–Trinajstić information content (AvgIpc) is 1.54. The normalized spacial score (nSPS) is 4.80. The minimum Gasteiger partial charge on any atom is -0.370 e. The second kappa shape index (κ2) is 29.2. The number of hydrogen-bond donors (Lipinski definition) is 9. The van der Waals surface area contributed by atoms with E-state index in [1.165, 1.54) is 0 Å². The highest BCUT2D eigenvalue weighted by atomic mass is 127. The van der Waals surface area contributed by atoms with Crippen molar-refractivity contribution in [2.75, 3.05) is 0 Å². The lowest BCUT2D eigenvalue weighted by molar-refractivity contribution is 1.38. The van der Waals surface area contributed by atoms with Crippen molar-refractivity contribution in [1.82, 2.24) is 0 Å². The Hall–Kier alpha value is -0.690. The third kappa shape index (κ3) is 3580. The summed E-state index contributed by atoms with van der Waals surface area (Å²) in [7, 11) is 0. The van der Waals surface area contributed by atoms with Gasteiger partial charge < -0.3 is 34.4 Å². The van der Waals surface area contributed by atoms with E-state index in [9.17, 15) is 0 Å². The first-order valence-electron chi connectivity index (χ1n) is 2.48. The Morgan fingerprint density at radius 1 is 0.600 bits per heavy atom. The monoisotopic (exact) mass is 421 g/mol. The summed E-state index contributed by atoms with van der Waals surface area (Å²) in [5.41, 5.74) is 26.8. The Labute approximate surface area is 121 Å². The van der Waals surface area contributed by atoms with E-state index in [0.717, 1.165) is 0 Å². The molecule has 0 amide bonds. The van der Waals surface area contributed by atoms with Gasteiger partial charge in [-0.1, -0.05) is 0 Å². The fourth-order valence-electron chi connectivity index (χ4n) is 0. The second-order valence-corrected chi connectivity index (χ2v) is 1.37. The zero-order chi connectivity index (χ0) is 10.7. The molecule has 15 heavy (non-hydrogen) atoms. The molecule has 0 aromatic heterocycles. The minimum atomic E-state index is -0.333. The van der Waals surface area contributed by atoms with E-state index < -0.39 is 0 Å². The second-order valence-electron chi connectivity index (χ2n) is 1.37. The van der Waals surface area contributed by atoms with Crippen LogP contribution >= 0.6 is 53.4 Å². The zero-order valence-electron chi connectivity index (χ0n) is 7.69. The molecule has 0 saturated carbocycles. The Balaban J connectivity index is -0.0000000184. The van der Waals surface area contributed by atoms with E-state index in [-0.39, 0.29) is 71.2 Å². The molecule has 0 fully saturated rings. The van der Waals surface area contributed by atoms with E-state index >= 15 is 0 Å². The van der Waals surface area contributed by atoms with Gasteiger partial charge >= 0.3 is 0 Å². The van der Waals surface area contributed by atoms with Crippen molar-refractivity contribution < 1.29 is 0 Å². The maximum Gasteiger partial charge on any atom is 0.183 e. The van der Waals surface area contributed by atoms with Crippen molar-refractivity contribution in [3.63, 3.8) is 0 Å². The third-order valence-corrected chi connectivity index (χ3v) is 0. The molecule has 0 bridgehead atoms. The van der Waals surface area contributed by atoms with Crippen molar-refractivity contribution in [3.8, 4) is 0 Å². The molecule has 0 spiro atoms. The van der Waals surface area contributed by atoms with Crippen LogP contribution in [0, 0.1) is 16.2 Å². The molecule has 0 atom stereocenters. The van der Waals surface area contributed by atoms with E-state index in [0.29, 0.717) is 0 Å². The van der Waals surface area contributed by atoms with E-state index in [2.05, 4.69) is 34.4 Å². The molecule has 0 heterocycles. The quantitative estimate of drug-likeness (QED) is 0.123. The van der Waals surface area contributed by atoms with Gasteiger partial charge in [-0.3, -0.25) is 16.2 Å². The number of nitrogens with one attached hydrogen (secondary N) is 3. The zero-order valence-corrected chi connectivity index (χ0v) is 12.5. The molecule has 0 rings (SSSR count). The van der Waals surface area contributed by atoms with Crippen LogP contribution in [0.3, 0.4) is 0 Å². The van der Waals surface area contributed by atoms with Gasteiger partial charge in [0.15, 0.2) is 17.9 Å². The molecule has 0 radical (unpaired) electrons. The molecule has 0 aliphatic rings. The maximum absolute atomic E-state index is 6.06. The predicted molar refractivity (Wildman–Crippen MR) is 81.3 cm³/mol. The number of hydrogen-bond acceptors (Lipinski definition) is 3. The summed E-state index contributed by atoms with van der Waals surface area (Å²) >= 11 is 0. The van der Waals surface area contributed by atoms with E-state index in [1.54, 1.807) is 0 Å². The Morgan fingerprint density at radius 2 is 0.600 bits per heavy atom. The van der Waals surface area contributed by atoms with Crippen molar-refractivity contribution in [2.24, 2.45) is 34.4 Å². The van der Waals surface area contributed by atoms with Crippen LogP contribution in [0.5, 0.6) is 0 Å². The topological polar surface area (TPSA) is 228 Å². The van der Waals surface area contributed by atoms with Crippen LogP contribution < -0.4 is 34.4 Å². The lowest BCUT2D eigenvalue weighted by Gasteiger charge is -1.69. The van der Waals surface area contributed by atoms with Gasteiger partial charge in [-0.15, -0.1) is 53.4 Å². The molecule has 15 N–H and O–H groups in total. The molecular weight excluding hydrogens is 404 g/mol. The molecule has 0 saturated heterocycles. The van der Waals surface area contributed by atoms with Gasteiger partial charge in [-0.05, 0) is 0 Å². The molecule has 0 unspecified atom stereocenters. The predicted octanol–water partition coefficient (Wildman–Crippen LogP) is -1.87. The summed E-state index contributed by atoms with van der Waals surface area (Å²) in [5, 5.41) is 18.2. The van der Waals surface area contributed by atoms with Crippen LogP contribution in [0.4, 0.5) is 0 Å². The molecule has 0 aromatic rings. The van der Waals surface area contributed by atoms with Crippen molar-refractivity contribution >= 4 is 71.2 Å². The standard InChI is InChI=1S/3CH5N3.BrH.ClH.HI/c3*2-1(3)4;;;/h3*(H5,2,3,4);3*1H. The smallest absolute Gasteiger partial charge is 0.183 e. The van der Waals surface area contributed by atoms with Gasteiger partial charge in [0.25, 0.3) is 0 Å². The lowest BCUT2D eigenvalue weighted by atomic mass is 11.1. The number of guanidine groups is 3. The highest BCUT2D eigenvalue weighted by molar-refractivity contribution is 14.0. The van der Waals surface area contributed by atoms with Gasteiger partial charge in [-0.25, -0.2) is 0 Å². The minimum absolute atomic E-state index is 0. The first-order chi connectivity index (χ1) is 5.20. The summed E-state index contributed by atoms with van der Waals surface area (Å²) in [5.74, 6) is -1.000. The highest BCUT2D eigenvalue weighted by Crippen LogP contribution is 1.14. The molecule has 96 valence electrons. The fourth-order valence-corrected chi connectivity index (χ4v) is 0. The molecule has 0 aliphatic carbocycles. The summed E-state index contributed by atoms with van der Waals surface area (Å²) in [4.78, 5) is 0. The molecule has 12 heteroatoms.